The minimum atomic E-state index is -1.74. The molecule has 0 fully saturated rings. The molecular weight excluding hydrogens is 443 g/mol. The van der Waals surface area contributed by atoms with Gasteiger partial charge in [0, 0.05) is 5.56 Å². The van der Waals surface area contributed by atoms with Crippen molar-refractivity contribution < 1.29 is 22.0 Å². The van der Waals surface area contributed by atoms with Crippen LogP contribution in [0.4, 0.5) is 22.0 Å². The molecule has 0 heterocycles. The number of benzene rings is 4. The van der Waals surface area contributed by atoms with Crippen LogP contribution in [-0.4, -0.2) is 0 Å². The van der Waals surface area contributed by atoms with Gasteiger partial charge in [-0.25, -0.2) is 22.0 Å². The predicted molar refractivity (Wildman–Crippen MR) is 125 cm³/mol. The van der Waals surface area contributed by atoms with E-state index in [1.807, 2.05) is 24.3 Å². The van der Waals surface area contributed by atoms with Crippen molar-refractivity contribution in [1.82, 2.24) is 0 Å². The Balaban J connectivity index is 1.58. The number of unbranched alkanes of at least 4 members (excludes halogenated alkanes) is 2. The third-order valence-corrected chi connectivity index (χ3v) is 5.69. The minimum Gasteiger partial charge on any atom is -0.206 e. The van der Waals surface area contributed by atoms with E-state index in [2.05, 4.69) is 18.8 Å². The Morgan fingerprint density at radius 3 is 2.09 bits per heavy atom. The van der Waals surface area contributed by atoms with Crippen LogP contribution >= 0.6 is 0 Å². The minimum absolute atomic E-state index is 0.0811. The molecule has 0 nitrogen and oxygen atoms in total. The molecule has 0 radical (unpaired) electrons. The van der Waals surface area contributed by atoms with Gasteiger partial charge in [0.1, 0.15) is 11.6 Å². The van der Waals surface area contributed by atoms with E-state index in [4.69, 9.17) is 0 Å². The number of aryl methyl sites for hydroxylation is 1. The molecule has 0 N–H and O–H groups in total. The lowest BCUT2D eigenvalue weighted by Crippen LogP contribution is -1.95. The fourth-order valence-corrected chi connectivity index (χ4v) is 3.84. The average Bonchev–Trinajstić information content (AvgIpc) is 2.82. The molecule has 172 valence electrons. The summed E-state index contributed by atoms with van der Waals surface area (Å²) in [5.41, 5.74) is 3.00. The van der Waals surface area contributed by atoms with Crippen LogP contribution in [-0.2, 0) is 6.42 Å². The van der Waals surface area contributed by atoms with Gasteiger partial charge in [-0.2, -0.15) is 0 Å². The Kier molecular flexibility index (Phi) is 6.98. The monoisotopic (exact) mass is 464 g/mol. The van der Waals surface area contributed by atoms with Crippen molar-refractivity contribution in [1.29, 1.82) is 0 Å². The molecule has 0 amide bonds. The smallest absolute Gasteiger partial charge is 0.195 e. The fraction of sp³-hybridized carbons (Fsp3) is 0.172. The van der Waals surface area contributed by atoms with Gasteiger partial charge in [-0.15, -0.1) is 0 Å². The van der Waals surface area contributed by atoms with Gasteiger partial charge >= 0.3 is 0 Å². The third-order valence-electron chi connectivity index (χ3n) is 5.69. The van der Waals surface area contributed by atoms with Gasteiger partial charge in [-0.1, -0.05) is 61.9 Å². The zero-order valence-electron chi connectivity index (χ0n) is 18.5. The molecule has 0 aromatic heterocycles. The van der Waals surface area contributed by atoms with Crippen LogP contribution in [0.1, 0.15) is 42.9 Å². The quantitative estimate of drug-likeness (QED) is 0.121. The number of halogens is 5. The van der Waals surface area contributed by atoms with Crippen molar-refractivity contribution in [3.63, 3.8) is 0 Å². The number of hydrogen-bond donors (Lipinski definition) is 0. The van der Waals surface area contributed by atoms with Crippen LogP contribution in [0, 0.1) is 40.9 Å². The second-order valence-corrected chi connectivity index (χ2v) is 8.14. The summed E-state index contributed by atoms with van der Waals surface area (Å²) in [5.74, 6) is -1.14. The Hall–Kier alpha value is -3.65. The van der Waals surface area contributed by atoms with E-state index >= 15 is 0 Å². The van der Waals surface area contributed by atoms with E-state index in [-0.39, 0.29) is 16.5 Å². The first kappa shape index (κ1) is 23.5. The number of fused-ring (bicyclic) bond motifs is 1. The largest absolute Gasteiger partial charge is 0.206 e. The summed E-state index contributed by atoms with van der Waals surface area (Å²) in [7, 11) is 0. The summed E-state index contributed by atoms with van der Waals surface area (Å²) in [5, 5.41) is -0.828. The van der Waals surface area contributed by atoms with Crippen LogP contribution in [0.25, 0.3) is 21.9 Å². The van der Waals surface area contributed by atoms with E-state index in [0.29, 0.717) is 11.6 Å². The van der Waals surface area contributed by atoms with E-state index in [9.17, 15) is 22.0 Å². The van der Waals surface area contributed by atoms with Crippen LogP contribution in [0.2, 0.25) is 0 Å². The third kappa shape index (κ3) is 4.97. The van der Waals surface area contributed by atoms with Crippen LogP contribution in [0.15, 0.2) is 60.7 Å². The Morgan fingerprint density at radius 1 is 0.647 bits per heavy atom. The molecule has 0 spiro atoms. The fourth-order valence-electron chi connectivity index (χ4n) is 3.84. The summed E-state index contributed by atoms with van der Waals surface area (Å²) in [6.07, 6.45) is 4.51. The highest BCUT2D eigenvalue weighted by atomic mass is 19.2. The molecular formula is C29H21F5. The number of rotatable bonds is 5. The maximum absolute atomic E-state index is 14.7. The maximum atomic E-state index is 14.7. The van der Waals surface area contributed by atoms with Crippen molar-refractivity contribution in [2.75, 3.05) is 0 Å². The van der Waals surface area contributed by atoms with Crippen LogP contribution in [0.5, 0.6) is 0 Å². The topological polar surface area (TPSA) is 0 Å². The van der Waals surface area contributed by atoms with Gasteiger partial charge in [-0.05, 0) is 65.3 Å². The molecule has 4 rings (SSSR count). The zero-order chi connectivity index (χ0) is 24.2. The summed E-state index contributed by atoms with van der Waals surface area (Å²) in [4.78, 5) is 0. The molecule has 0 aliphatic rings. The van der Waals surface area contributed by atoms with Gasteiger partial charge < -0.3 is 0 Å². The second kappa shape index (κ2) is 10.1. The number of hydrogen-bond acceptors (Lipinski definition) is 0. The van der Waals surface area contributed by atoms with Crippen LogP contribution in [0.3, 0.4) is 0 Å². The van der Waals surface area contributed by atoms with Crippen molar-refractivity contribution in [2.24, 2.45) is 0 Å². The highest BCUT2D eigenvalue weighted by Crippen LogP contribution is 2.27. The van der Waals surface area contributed by atoms with Crippen molar-refractivity contribution in [2.45, 2.75) is 32.6 Å². The highest BCUT2D eigenvalue weighted by Gasteiger charge is 2.17. The molecule has 0 aliphatic carbocycles. The molecule has 0 saturated carbocycles. The molecule has 0 aliphatic heterocycles. The summed E-state index contributed by atoms with van der Waals surface area (Å²) in [6, 6.07) is 15.5. The lowest BCUT2D eigenvalue weighted by Gasteiger charge is -2.06. The molecule has 0 unspecified atom stereocenters. The van der Waals surface area contributed by atoms with Crippen LogP contribution < -0.4 is 0 Å². The predicted octanol–water partition coefficient (Wildman–Crippen LogP) is 8.33. The van der Waals surface area contributed by atoms with Crippen molar-refractivity contribution in [3.05, 3.63) is 106 Å². The van der Waals surface area contributed by atoms with Gasteiger partial charge in [0.25, 0.3) is 0 Å². The Morgan fingerprint density at radius 2 is 1.38 bits per heavy atom. The lowest BCUT2D eigenvalue weighted by atomic mass is 10.00. The summed E-state index contributed by atoms with van der Waals surface area (Å²) < 4.78 is 69.8. The van der Waals surface area contributed by atoms with E-state index in [1.165, 1.54) is 36.6 Å². The van der Waals surface area contributed by atoms with Gasteiger partial charge in [0.15, 0.2) is 17.5 Å². The second-order valence-electron chi connectivity index (χ2n) is 8.14. The van der Waals surface area contributed by atoms with E-state index in [0.717, 1.165) is 24.5 Å². The Bertz CT molecular complexity index is 1410. The van der Waals surface area contributed by atoms with Gasteiger partial charge in [-0.3, -0.25) is 0 Å². The maximum Gasteiger partial charge on any atom is 0.195 e. The zero-order valence-corrected chi connectivity index (χ0v) is 18.5. The molecule has 4 aromatic carbocycles. The molecule has 0 atom stereocenters. The SMILES string of the molecule is CCCCCc1ccc(-c2ccc(C#Cc3cc(F)c4c(F)c(F)c(F)cc4c3)c(F)c2)cc1. The molecule has 0 bridgehead atoms. The Labute approximate surface area is 195 Å². The first-order valence-corrected chi connectivity index (χ1v) is 11.0. The first-order chi connectivity index (χ1) is 16.4. The lowest BCUT2D eigenvalue weighted by molar-refractivity contribution is 0.451. The highest BCUT2D eigenvalue weighted by molar-refractivity contribution is 5.85. The van der Waals surface area contributed by atoms with Crippen molar-refractivity contribution in [3.8, 4) is 23.0 Å². The molecule has 0 saturated heterocycles. The summed E-state index contributed by atoms with van der Waals surface area (Å²) in [6.45, 7) is 2.16. The van der Waals surface area contributed by atoms with Gasteiger partial charge in [0.2, 0.25) is 0 Å². The summed E-state index contributed by atoms with van der Waals surface area (Å²) >= 11 is 0. The average molecular weight is 464 g/mol. The molecule has 4 aromatic rings. The standard InChI is InChI=1S/C29H21F5/c1-2-3-4-5-18-6-9-20(10-7-18)22-13-12-21(24(30)16-22)11-8-19-14-23-17-26(32)28(33)29(34)27(23)25(31)15-19/h6-7,9-10,12-17H,2-5H2,1H3. The van der Waals surface area contributed by atoms with Gasteiger partial charge in [0.05, 0.1) is 10.9 Å². The molecule has 34 heavy (non-hydrogen) atoms. The van der Waals surface area contributed by atoms with E-state index < -0.39 is 34.5 Å². The normalized spacial score (nSPS) is 10.9. The van der Waals surface area contributed by atoms with Crippen molar-refractivity contribution >= 4 is 10.8 Å². The molecule has 5 heteroatoms. The first-order valence-electron chi connectivity index (χ1n) is 11.0. The van der Waals surface area contributed by atoms with E-state index in [1.54, 1.807) is 6.07 Å².